The molecule has 1 atom stereocenters. The normalized spacial score (nSPS) is 25.4. The lowest BCUT2D eigenvalue weighted by molar-refractivity contribution is -0.126. The number of amides is 1. The summed E-state index contributed by atoms with van der Waals surface area (Å²) < 4.78 is 5.60. The fourth-order valence-corrected chi connectivity index (χ4v) is 2.01. The Kier molecular flexibility index (Phi) is 6.09. The predicted octanol–water partition coefficient (Wildman–Crippen LogP) is 0.703. The number of hydrogen-bond donors (Lipinski definition) is 2. The van der Waals surface area contributed by atoms with Crippen LogP contribution >= 0.6 is 12.4 Å². The Labute approximate surface area is 103 Å². The Hall–Kier alpha value is -0.320. The SMILES string of the molecule is Cl.O=C(NCCC1CCCCO1)C1CNC1. The van der Waals surface area contributed by atoms with E-state index in [2.05, 4.69) is 10.6 Å². The summed E-state index contributed by atoms with van der Waals surface area (Å²) in [5.41, 5.74) is 0. The van der Waals surface area contributed by atoms with Gasteiger partial charge in [-0.1, -0.05) is 0 Å². The second-order valence-electron chi connectivity index (χ2n) is 4.42. The van der Waals surface area contributed by atoms with Gasteiger partial charge in [-0.3, -0.25) is 4.79 Å². The maximum absolute atomic E-state index is 11.5. The van der Waals surface area contributed by atoms with Gasteiger partial charge in [0.1, 0.15) is 0 Å². The minimum atomic E-state index is 0. The van der Waals surface area contributed by atoms with Crippen molar-refractivity contribution in [3.05, 3.63) is 0 Å². The topological polar surface area (TPSA) is 50.4 Å². The van der Waals surface area contributed by atoms with Crippen molar-refractivity contribution in [3.63, 3.8) is 0 Å². The third-order valence-electron chi connectivity index (χ3n) is 3.19. The largest absolute Gasteiger partial charge is 0.378 e. The van der Waals surface area contributed by atoms with Crippen LogP contribution in [0.1, 0.15) is 25.7 Å². The van der Waals surface area contributed by atoms with Crippen molar-refractivity contribution < 1.29 is 9.53 Å². The number of nitrogens with one attached hydrogen (secondary N) is 2. The van der Waals surface area contributed by atoms with Crippen LogP contribution in [0.5, 0.6) is 0 Å². The molecule has 0 aliphatic carbocycles. The van der Waals surface area contributed by atoms with E-state index in [1.165, 1.54) is 12.8 Å². The van der Waals surface area contributed by atoms with Gasteiger partial charge in [-0.05, 0) is 25.7 Å². The first-order valence-corrected chi connectivity index (χ1v) is 5.96. The molecule has 16 heavy (non-hydrogen) atoms. The van der Waals surface area contributed by atoms with Gasteiger partial charge in [0.2, 0.25) is 5.91 Å². The van der Waals surface area contributed by atoms with Gasteiger partial charge in [0.15, 0.2) is 0 Å². The molecule has 0 saturated carbocycles. The zero-order valence-corrected chi connectivity index (χ0v) is 10.4. The molecule has 0 radical (unpaired) electrons. The van der Waals surface area contributed by atoms with Gasteiger partial charge in [-0.25, -0.2) is 0 Å². The molecule has 0 bridgehead atoms. The summed E-state index contributed by atoms with van der Waals surface area (Å²) in [5, 5.41) is 6.07. The average molecular weight is 249 g/mol. The number of carbonyl (C=O) groups excluding carboxylic acids is 1. The van der Waals surface area contributed by atoms with Crippen LogP contribution in [-0.4, -0.2) is 38.3 Å². The molecule has 2 fully saturated rings. The summed E-state index contributed by atoms with van der Waals surface area (Å²) >= 11 is 0. The van der Waals surface area contributed by atoms with Crippen molar-refractivity contribution in [1.82, 2.24) is 10.6 Å². The van der Waals surface area contributed by atoms with Crippen molar-refractivity contribution in [3.8, 4) is 0 Å². The molecule has 0 aromatic heterocycles. The monoisotopic (exact) mass is 248 g/mol. The molecule has 2 rings (SSSR count). The Balaban J connectivity index is 0.00000128. The van der Waals surface area contributed by atoms with Crippen molar-refractivity contribution in [2.75, 3.05) is 26.2 Å². The highest BCUT2D eigenvalue weighted by molar-refractivity contribution is 5.85. The molecule has 1 unspecified atom stereocenters. The van der Waals surface area contributed by atoms with Gasteiger partial charge in [0.25, 0.3) is 0 Å². The molecule has 0 spiro atoms. The molecule has 2 aliphatic heterocycles. The first-order chi connectivity index (χ1) is 7.36. The van der Waals surface area contributed by atoms with E-state index in [1.54, 1.807) is 0 Å². The molecular formula is C11H21ClN2O2. The van der Waals surface area contributed by atoms with Gasteiger partial charge in [0.05, 0.1) is 12.0 Å². The lowest BCUT2D eigenvalue weighted by Gasteiger charge is -2.27. The van der Waals surface area contributed by atoms with Crippen molar-refractivity contribution >= 4 is 18.3 Å². The predicted molar refractivity (Wildman–Crippen MR) is 64.8 cm³/mol. The maximum atomic E-state index is 11.5. The smallest absolute Gasteiger partial charge is 0.225 e. The van der Waals surface area contributed by atoms with Crippen LogP contribution in [0.3, 0.4) is 0 Å². The first-order valence-electron chi connectivity index (χ1n) is 5.96. The maximum Gasteiger partial charge on any atom is 0.225 e. The molecular weight excluding hydrogens is 228 g/mol. The number of ether oxygens (including phenoxy) is 1. The minimum Gasteiger partial charge on any atom is -0.378 e. The van der Waals surface area contributed by atoms with Crippen LogP contribution in [0.2, 0.25) is 0 Å². The highest BCUT2D eigenvalue weighted by Gasteiger charge is 2.24. The van der Waals surface area contributed by atoms with Crippen LogP contribution in [0.15, 0.2) is 0 Å². The molecule has 5 heteroatoms. The Bertz CT molecular complexity index is 216. The molecule has 1 amide bonds. The second kappa shape index (κ2) is 7.09. The summed E-state index contributed by atoms with van der Waals surface area (Å²) in [4.78, 5) is 11.5. The highest BCUT2D eigenvalue weighted by atomic mass is 35.5. The van der Waals surface area contributed by atoms with E-state index in [9.17, 15) is 4.79 Å². The van der Waals surface area contributed by atoms with Crippen LogP contribution in [0, 0.1) is 5.92 Å². The van der Waals surface area contributed by atoms with Gasteiger partial charge < -0.3 is 15.4 Å². The molecule has 2 aliphatic rings. The molecule has 2 heterocycles. The first kappa shape index (κ1) is 13.7. The van der Waals surface area contributed by atoms with Gasteiger partial charge >= 0.3 is 0 Å². The van der Waals surface area contributed by atoms with Crippen LogP contribution in [-0.2, 0) is 9.53 Å². The number of rotatable bonds is 4. The molecule has 4 nitrogen and oxygen atoms in total. The second-order valence-corrected chi connectivity index (χ2v) is 4.42. The van der Waals surface area contributed by atoms with E-state index in [1.807, 2.05) is 0 Å². The summed E-state index contributed by atoms with van der Waals surface area (Å²) in [5.74, 6) is 0.404. The van der Waals surface area contributed by atoms with E-state index in [-0.39, 0.29) is 24.2 Å². The van der Waals surface area contributed by atoms with E-state index in [0.29, 0.717) is 6.10 Å². The lowest BCUT2D eigenvalue weighted by atomic mass is 10.0. The quantitative estimate of drug-likeness (QED) is 0.770. The Morgan fingerprint density at radius 1 is 1.38 bits per heavy atom. The van der Waals surface area contributed by atoms with Crippen molar-refractivity contribution in [2.24, 2.45) is 5.92 Å². The van der Waals surface area contributed by atoms with Gasteiger partial charge in [0, 0.05) is 26.2 Å². The fraction of sp³-hybridized carbons (Fsp3) is 0.909. The lowest BCUT2D eigenvalue weighted by Crippen LogP contribution is -2.51. The Morgan fingerprint density at radius 2 is 2.19 bits per heavy atom. The van der Waals surface area contributed by atoms with Crippen LogP contribution in [0.25, 0.3) is 0 Å². The zero-order chi connectivity index (χ0) is 10.5. The third kappa shape index (κ3) is 3.92. The third-order valence-corrected chi connectivity index (χ3v) is 3.19. The zero-order valence-electron chi connectivity index (χ0n) is 9.54. The van der Waals surface area contributed by atoms with Crippen LogP contribution in [0.4, 0.5) is 0 Å². The summed E-state index contributed by atoms with van der Waals surface area (Å²) in [7, 11) is 0. The van der Waals surface area contributed by atoms with E-state index < -0.39 is 0 Å². The van der Waals surface area contributed by atoms with E-state index in [0.717, 1.165) is 39.1 Å². The summed E-state index contributed by atoms with van der Waals surface area (Å²) in [6, 6.07) is 0. The summed E-state index contributed by atoms with van der Waals surface area (Å²) in [6.07, 6.45) is 4.95. The van der Waals surface area contributed by atoms with E-state index >= 15 is 0 Å². The average Bonchev–Trinajstić information content (AvgIpc) is 2.16. The van der Waals surface area contributed by atoms with Crippen LogP contribution < -0.4 is 10.6 Å². The number of hydrogen-bond acceptors (Lipinski definition) is 3. The van der Waals surface area contributed by atoms with Crippen molar-refractivity contribution in [1.29, 1.82) is 0 Å². The fourth-order valence-electron chi connectivity index (χ4n) is 2.01. The van der Waals surface area contributed by atoms with Gasteiger partial charge in [-0.2, -0.15) is 0 Å². The molecule has 2 saturated heterocycles. The van der Waals surface area contributed by atoms with Gasteiger partial charge in [-0.15, -0.1) is 12.4 Å². The molecule has 94 valence electrons. The Morgan fingerprint density at radius 3 is 2.75 bits per heavy atom. The molecule has 2 N–H and O–H groups in total. The van der Waals surface area contributed by atoms with E-state index in [4.69, 9.17) is 4.74 Å². The highest BCUT2D eigenvalue weighted by Crippen LogP contribution is 2.14. The molecule has 0 aromatic carbocycles. The standard InChI is InChI=1S/C11H20N2O2.ClH/c14-11(9-7-12-8-9)13-5-4-10-3-1-2-6-15-10;/h9-10,12H,1-8H2,(H,13,14);1H. The number of halogens is 1. The number of carbonyl (C=O) groups is 1. The summed E-state index contributed by atoms with van der Waals surface area (Å²) in [6.45, 7) is 3.34. The van der Waals surface area contributed by atoms with Crippen molar-refractivity contribution in [2.45, 2.75) is 31.8 Å². The minimum absolute atomic E-state index is 0. The molecule has 0 aromatic rings.